The Labute approximate surface area is 278 Å². The van der Waals surface area contributed by atoms with Crippen LogP contribution in [-0.2, 0) is 0 Å². The molecule has 0 radical (unpaired) electrons. The monoisotopic (exact) mass is 611 g/mol. The highest BCUT2D eigenvalue weighted by Gasteiger charge is 2.15. The number of nitrogens with zero attached hydrogens (tertiary/aromatic N) is 3. The molecule has 0 unspecified atom stereocenters. The molecule has 1 heterocycles. The summed E-state index contributed by atoms with van der Waals surface area (Å²) >= 11 is 0. The quantitative estimate of drug-likeness (QED) is 0.194. The maximum absolute atomic E-state index is 5.08. The van der Waals surface area contributed by atoms with Crippen LogP contribution in [0.5, 0.6) is 0 Å². The number of fused-ring (bicyclic) bond motifs is 3. The summed E-state index contributed by atoms with van der Waals surface area (Å²) in [6, 6.07) is 61.7. The summed E-state index contributed by atoms with van der Waals surface area (Å²) in [6.07, 6.45) is 0. The van der Waals surface area contributed by atoms with Crippen LogP contribution in [0.1, 0.15) is 0 Å². The summed E-state index contributed by atoms with van der Waals surface area (Å²) in [4.78, 5) is 15.2. The van der Waals surface area contributed by atoms with Crippen molar-refractivity contribution in [1.82, 2.24) is 15.0 Å². The van der Waals surface area contributed by atoms with Gasteiger partial charge in [0.05, 0.1) is 0 Å². The number of rotatable bonds is 5. The number of benzene rings is 8. The molecule has 8 aromatic carbocycles. The molecular weight excluding hydrogens is 583 g/mol. The molecule has 0 atom stereocenters. The summed E-state index contributed by atoms with van der Waals surface area (Å²) < 4.78 is 0. The van der Waals surface area contributed by atoms with Crippen LogP contribution in [0.4, 0.5) is 0 Å². The molecule has 0 saturated heterocycles. The van der Waals surface area contributed by atoms with Crippen LogP contribution in [0.15, 0.2) is 176 Å². The predicted molar refractivity (Wildman–Crippen MR) is 200 cm³/mol. The molecule has 0 N–H and O–H groups in total. The normalized spacial score (nSPS) is 11.3. The van der Waals surface area contributed by atoms with Crippen molar-refractivity contribution < 1.29 is 0 Å². The lowest BCUT2D eigenvalue weighted by Crippen LogP contribution is -2.00. The molecular formula is C45H29N3. The maximum Gasteiger partial charge on any atom is 0.164 e. The Morgan fingerprint density at radius 1 is 0.229 bits per heavy atom. The van der Waals surface area contributed by atoms with E-state index in [9.17, 15) is 0 Å². The van der Waals surface area contributed by atoms with Gasteiger partial charge in [-0.15, -0.1) is 0 Å². The first-order chi connectivity index (χ1) is 23.8. The van der Waals surface area contributed by atoms with Gasteiger partial charge in [-0.3, -0.25) is 0 Å². The van der Waals surface area contributed by atoms with Gasteiger partial charge in [-0.05, 0) is 54.6 Å². The average Bonchev–Trinajstić information content (AvgIpc) is 3.17. The molecule has 3 heteroatoms. The molecule has 0 aliphatic heterocycles. The second-order valence-electron chi connectivity index (χ2n) is 12.0. The summed E-state index contributed by atoms with van der Waals surface area (Å²) in [5.41, 5.74) is 7.59. The van der Waals surface area contributed by atoms with Gasteiger partial charge < -0.3 is 0 Å². The molecule has 9 rings (SSSR count). The third-order valence-electron chi connectivity index (χ3n) is 9.15. The van der Waals surface area contributed by atoms with Crippen LogP contribution >= 0.6 is 0 Å². The first-order valence-corrected chi connectivity index (χ1v) is 16.2. The summed E-state index contributed by atoms with van der Waals surface area (Å²) in [5, 5.41) is 7.19. The second-order valence-corrected chi connectivity index (χ2v) is 12.0. The Hall–Kier alpha value is -6.45. The van der Waals surface area contributed by atoms with Gasteiger partial charge >= 0.3 is 0 Å². The molecule has 48 heavy (non-hydrogen) atoms. The van der Waals surface area contributed by atoms with Gasteiger partial charge in [0, 0.05) is 16.7 Å². The summed E-state index contributed by atoms with van der Waals surface area (Å²) in [5.74, 6) is 1.94. The average molecular weight is 612 g/mol. The minimum atomic E-state index is 0.644. The zero-order valence-electron chi connectivity index (χ0n) is 26.1. The standard InChI is InChI=1S/C45H29N3/c1-4-16-37-30(10-1)13-7-19-39(37)33-22-26-35(27-23-33)43-46-44(48-45(47-43)42-21-9-15-32-12-3-6-18-41(32)42)36-28-24-34(25-29-36)40-20-8-14-31-11-2-5-17-38(31)40/h1-29H. The Morgan fingerprint density at radius 2 is 0.542 bits per heavy atom. The number of hydrogen-bond acceptors (Lipinski definition) is 3. The minimum absolute atomic E-state index is 0.644. The lowest BCUT2D eigenvalue weighted by molar-refractivity contribution is 1.08. The van der Waals surface area contributed by atoms with Crippen molar-refractivity contribution in [1.29, 1.82) is 0 Å². The highest BCUT2D eigenvalue weighted by Crippen LogP contribution is 2.34. The van der Waals surface area contributed by atoms with Crippen LogP contribution in [-0.4, -0.2) is 15.0 Å². The zero-order valence-corrected chi connectivity index (χ0v) is 26.1. The highest BCUT2D eigenvalue weighted by atomic mass is 15.0. The number of aromatic nitrogens is 3. The predicted octanol–water partition coefficient (Wildman–Crippen LogP) is 11.7. The van der Waals surface area contributed by atoms with E-state index in [-0.39, 0.29) is 0 Å². The fourth-order valence-electron chi connectivity index (χ4n) is 6.73. The molecule has 3 nitrogen and oxygen atoms in total. The molecule has 0 aliphatic carbocycles. The first kappa shape index (κ1) is 27.8. The summed E-state index contributed by atoms with van der Waals surface area (Å²) in [6.45, 7) is 0. The third kappa shape index (κ3) is 4.99. The van der Waals surface area contributed by atoms with Crippen LogP contribution in [0, 0.1) is 0 Å². The highest BCUT2D eigenvalue weighted by molar-refractivity contribution is 5.98. The van der Waals surface area contributed by atoms with Crippen LogP contribution < -0.4 is 0 Å². The lowest BCUT2D eigenvalue weighted by atomic mass is 9.97. The van der Waals surface area contributed by atoms with Crippen molar-refractivity contribution in [2.45, 2.75) is 0 Å². The molecule has 0 amide bonds. The molecule has 0 saturated carbocycles. The fourth-order valence-corrected chi connectivity index (χ4v) is 6.73. The van der Waals surface area contributed by atoms with E-state index in [1.807, 2.05) is 0 Å². The molecule has 0 spiro atoms. The van der Waals surface area contributed by atoms with Crippen molar-refractivity contribution in [2.24, 2.45) is 0 Å². The maximum atomic E-state index is 5.08. The van der Waals surface area contributed by atoms with E-state index in [1.165, 1.54) is 32.7 Å². The zero-order chi connectivity index (χ0) is 31.9. The van der Waals surface area contributed by atoms with E-state index >= 15 is 0 Å². The van der Waals surface area contributed by atoms with Gasteiger partial charge in [-0.1, -0.05) is 176 Å². The fraction of sp³-hybridized carbons (Fsp3) is 0. The SMILES string of the molecule is c1ccc2c(-c3ccc(-c4nc(-c5ccc(-c6cccc7ccccc67)cc5)nc(-c5cccc6ccccc56)n4)cc3)cccc2c1. The Morgan fingerprint density at radius 3 is 0.979 bits per heavy atom. The van der Waals surface area contributed by atoms with Crippen LogP contribution in [0.2, 0.25) is 0 Å². The number of hydrogen-bond donors (Lipinski definition) is 0. The molecule has 0 bridgehead atoms. The largest absolute Gasteiger partial charge is 0.208 e. The Bertz CT molecular complexity index is 2450. The van der Waals surface area contributed by atoms with Gasteiger partial charge in [0.15, 0.2) is 17.5 Å². The minimum Gasteiger partial charge on any atom is -0.208 e. The summed E-state index contributed by atoms with van der Waals surface area (Å²) in [7, 11) is 0. The smallest absolute Gasteiger partial charge is 0.164 e. The second kappa shape index (κ2) is 11.7. The van der Waals surface area contributed by atoms with Crippen molar-refractivity contribution in [2.75, 3.05) is 0 Å². The van der Waals surface area contributed by atoms with E-state index in [2.05, 4.69) is 176 Å². The van der Waals surface area contributed by atoms with E-state index in [0.29, 0.717) is 17.5 Å². The molecule has 0 aliphatic rings. The first-order valence-electron chi connectivity index (χ1n) is 16.2. The third-order valence-corrected chi connectivity index (χ3v) is 9.15. The molecule has 1 aromatic heterocycles. The van der Waals surface area contributed by atoms with Gasteiger partial charge in [0.1, 0.15) is 0 Å². The molecule has 9 aromatic rings. The lowest BCUT2D eigenvalue weighted by Gasteiger charge is -2.12. The topological polar surface area (TPSA) is 38.7 Å². The van der Waals surface area contributed by atoms with E-state index in [0.717, 1.165) is 38.6 Å². The van der Waals surface area contributed by atoms with E-state index in [1.54, 1.807) is 0 Å². The van der Waals surface area contributed by atoms with Crippen molar-refractivity contribution in [3.63, 3.8) is 0 Å². The Kier molecular flexibility index (Phi) is 6.80. The molecule has 0 fully saturated rings. The van der Waals surface area contributed by atoms with E-state index < -0.39 is 0 Å². The van der Waals surface area contributed by atoms with Gasteiger partial charge in [0.2, 0.25) is 0 Å². The van der Waals surface area contributed by atoms with Crippen molar-refractivity contribution in [3.05, 3.63) is 176 Å². The van der Waals surface area contributed by atoms with Crippen LogP contribution in [0.3, 0.4) is 0 Å². The molecule has 224 valence electrons. The van der Waals surface area contributed by atoms with Gasteiger partial charge in [-0.2, -0.15) is 0 Å². The van der Waals surface area contributed by atoms with Crippen LogP contribution in [0.25, 0.3) is 88.7 Å². The Balaban J connectivity index is 1.16. The van der Waals surface area contributed by atoms with Gasteiger partial charge in [-0.25, -0.2) is 15.0 Å². The van der Waals surface area contributed by atoms with Crippen molar-refractivity contribution in [3.8, 4) is 56.4 Å². The van der Waals surface area contributed by atoms with E-state index in [4.69, 9.17) is 15.0 Å². The van der Waals surface area contributed by atoms with Crippen molar-refractivity contribution >= 4 is 32.3 Å². The van der Waals surface area contributed by atoms with Gasteiger partial charge in [0.25, 0.3) is 0 Å².